The van der Waals surface area contributed by atoms with Crippen LogP contribution in [-0.2, 0) is 89.8 Å². The third-order valence-corrected chi connectivity index (χ3v) is 6.88. The molecule has 2 aromatic rings. The molecule has 0 bridgehead atoms. The van der Waals surface area contributed by atoms with Crippen molar-refractivity contribution in [2.45, 2.75) is 90.9 Å². The summed E-state index contributed by atoms with van der Waals surface area (Å²) < 4.78 is 0. The van der Waals surface area contributed by atoms with Gasteiger partial charge >= 0.3 is 0 Å². The van der Waals surface area contributed by atoms with Gasteiger partial charge in [-0.05, 0) is 57.6 Å². The third kappa shape index (κ3) is 8.30. The van der Waals surface area contributed by atoms with E-state index in [1.54, 1.807) is 0 Å². The predicted molar refractivity (Wildman–Crippen MR) is 139 cm³/mol. The fourth-order valence-electron chi connectivity index (χ4n) is 4.39. The summed E-state index contributed by atoms with van der Waals surface area (Å²) in [6.07, 6.45) is 4.28. The Morgan fingerprint density at radius 2 is 1.19 bits per heavy atom. The second-order valence-electron chi connectivity index (χ2n) is 10.4. The summed E-state index contributed by atoms with van der Waals surface area (Å²) in [6.45, 7) is 16.2. The van der Waals surface area contributed by atoms with E-state index in [2.05, 4.69) is 84.9 Å². The molecule has 32 heavy (non-hydrogen) atoms. The van der Waals surface area contributed by atoms with Gasteiger partial charge in [-0.1, -0.05) is 97.7 Å². The summed E-state index contributed by atoms with van der Waals surface area (Å²) in [5.41, 5.74) is 8.73. The van der Waals surface area contributed by atoms with Crippen LogP contribution in [0.1, 0.15) is 101 Å². The Bertz CT molecular complexity index is 836. The summed E-state index contributed by atoms with van der Waals surface area (Å²) in [7, 11) is 0. The summed E-state index contributed by atoms with van der Waals surface area (Å²) in [6, 6.07) is 14.3. The number of hydrogen-bond acceptors (Lipinski definition) is 2. The molecule has 4 heteroatoms. The second kappa shape index (κ2) is 14.1. The van der Waals surface area contributed by atoms with Gasteiger partial charge in [0.05, 0.1) is 0 Å². The van der Waals surface area contributed by atoms with Crippen molar-refractivity contribution in [1.82, 2.24) is 0 Å². The molecule has 0 N–H and O–H groups in total. The van der Waals surface area contributed by atoms with Gasteiger partial charge in [0, 0.05) is 46.3 Å². The van der Waals surface area contributed by atoms with Crippen molar-refractivity contribution in [2.75, 3.05) is 11.5 Å². The van der Waals surface area contributed by atoms with E-state index >= 15 is 0 Å². The zero-order chi connectivity index (χ0) is 22.5. The van der Waals surface area contributed by atoms with E-state index in [0.29, 0.717) is 5.92 Å². The Balaban J connectivity index is 0.00000480. The van der Waals surface area contributed by atoms with Crippen molar-refractivity contribution >= 4 is 25.3 Å². The Kier molecular flexibility index (Phi) is 14.3. The number of benzene rings is 2. The molecule has 0 amide bonds. The molecular formula is C28H40Re2S2-2. The molecule has 0 aromatic heterocycles. The fraction of sp³-hybridized carbons (Fsp3) is 0.571. The topological polar surface area (TPSA) is 0 Å². The molecule has 2 rings (SSSR count). The van der Waals surface area contributed by atoms with Crippen LogP contribution in [0.2, 0.25) is 0 Å². The van der Waals surface area contributed by atoms with Crippen LogP contribution in [0.4, 0.5) is 0 Å². The molecule has 0 aliphatic rings. The molecule has 0 unspecified atom stereocenters. The Labute approximate surface area is 236 Å². The van der Waals surface area contributed by atoms with Crippen molar-refractivity contribution in [3.05, 3.63) is 69.8 Å². The van der Waals surface area contributed by atoms with Gasteiger partial charge in [-0.15, -0.1) is 0 Å². The smallest absolute Gasteiger partial charge is 0.0146 e. The predicted octanol–water partition coefficient (Wildman–Crippen LogP) is 7.39. The van der Waals surface area contributed by atoms with E-state index in [4.69, 9.17) is 25.3 Å². The SMILES string of the molecule is CC(C)c1ccc(C(C)(C)c2ccc(C(C)(C)C)c(CCC[S-])c2)cc1CCC[S-].[Re].[Re]. The van der Waals surface area contributed by atoms with E-state index in [0.717, 1.165) is 37.2 Å². The van der Waals surface area contributed by atoms with Gasteiger partial charge in [0.25, 0.3) is 0 Å². The molecule has 0 saturated carbocycles. The van der Waals surface area contributed by atoms with Crippen LogP contribution in [0.15, 0.2) is 36.4 Å². The van der Waals surface area contributed by atoms with Gasteiger partial charge in [-0.3, -0.25) is 0 Å². The minimum absolute atomic E-state index is 0. The average molecular weight is 813 g/mol. The third-order valence-electron chi connectivity index (χ3n) is 6.30. The minimum Gasteiger partial charge on any atom is -0.793 e. The maximum atomic E-state index is 5.25. The first-order chi connectivity index (χ1) is 14.0. The van der Waals surface area contributed by atoms with Crippen molar-refractivity contribution in [3.8, 4) is 0 Å². The zero-order valence-corrected chi connectivity index (χ0v) is 27.9. The Morgan fingerprint density at radius 3 is 1.66 bits per heavy atom. The molecule has 0 atom stereocenters. The van der Waals surface area contributed by atoms with E-state index in [-0.39, 0.29) is 51.7 Å². The monoisotopic (exact) mass is 814 g/mol. The molecule has 2 radical (unpaired) electrons. The van der Waals surface area contributed by atoms with Crippen LogP contribution in [-0.4, -0.2) is 11.5 Å². The quantitative estimate of drug-likeness (QED) is 0.243. The van der Waals surface area contributed by atoms with Crippen molar-refractivity contribution < 1.29 is 40.8 Å². The minimum atomic E-state index is -0.0443. The molecule has 0 nitrogen and oxygen atoms in total. The molecule has 0 saturated heterocycles. The molecule has 180 valence electrons. The van der Waals surface area contributed by atoms with E-state index < -0.39 is 0 Å². The summed E-state index contributed by atoms with van der Waals surface area (Å²) in [5.74, 6) is 2.18. The van der Waals surface area contributed by atoms with Crippen LogP contribution in [0.3, 0.4) is 0 Å². The number of hydrogen-bond donors (Lipinski definition) is 0. The van der Waals surface area contributed by atoms with E-state index in [1.165, 1.54) is 33.4 Å². The Hall–Kier alpha value is 0.465. The second-order valence-corrected chi connectivity index (χ2v) is 11.2. The van der Waals surface area contributed by atoms with Crippen LogP contribution in [0.25, 0.3) is 0 Å². The van der Waals surface area contributed by atoms with Crippen LogP contribution < -0.4 is 0 Å². The maximum Gasteiger partial charge on any atom is 0.0146 e. The molecule has 2 aromatic carbocycles. The number of aryl methyl sites for hydroxylation is 2. The Morgan fingerprint density at radius 1 is 0.719 bits per heavy atom. The van der Waals surface area contributed by atoms with Gasteiger partial charge in [0.15, 0.2) is 0 Å². The average Bonchev–Trinajstić information content (AvgIpc) is 2.69. The summed E-state index contributed by atoms with van der Waals surface area (Å²) >= 11 is 10.5. The first-order valence-electron chi connectivity index (χ1n) is 11.5. The molecule has 0 aliphatic heterocycles. The van der Waals surface area contributed by atoms with Crippen LogP contribution in [0, 0.1) is 0 Å². The first kappa shape index (κ1) is 32.5. The standard InChI is InChI=1S/C28H42S2.2Re/c1-20(2)25-14-12-23(18-21(25)10-8-16-29)28(6,7)24-13-15-26(27(3,4)5)22(19-24)11-9-17-30;;/h12-15,18-20,29-30H,8-11,16-17H2,1-7H3;;/p-2. The van der Waals surface area contributed by atoms with Crippen molar-refractivity contribution in [3.63, 3.8) is 0 Å². The van der Waals surface area contributed by atoms with Gasteiger partial charge < -0.3 is 25.3 Å². The summed E-state index contributed by atoms with van der Waals surface area (Å²) in [5, 5.41) is 0. The van der Waals surface area contributed by atoms with E-state index in [9.17, 15) is 0 Å². The molecule has 0 fully saturated rings. The van der Waals surface area contributed by atoms with Crippen molar-refractivity contribution in [2.24, 2.45) is 0 Å². The summed E-state index contributed by atoms with van der Waals surface area (Å²) in [4.78, 5) is 0. The van der Waals surface area contributed by atoms with Gasteiger partial charge in [0.2, 0.25) is 0 Å². The van der Waals surface area contributed by atoms with Gasteiger partial charge in [-0.25, -0.2) is 0 Å². The van der Waals surface area contributed by atoms with Crippen LogP contribution in [0.5, 0.6) is 0 Å². The van der Waals surface area contributed by atoms with Gasteiger partial charge in [-0.2, -0.15) is 11.5 Å². The normalized spacial score (nSPS) is 11.8. The molecule has 0 aliphatic carbocycles. The number of rotatable bonds is 9. The van der Waals surface area contributed by atoms with Crippen LogP contribution >= 0.6 is 0 Å². The molecule has 0 spiro atoms. The maximum absolute atomic E-state index is 5.25. The molecular weight excluding hydrogens is 773 g/mol. The zero-order valence-electron chi connectivity index (χ0n) is 20.9. The molecule has 0 heterocycles. The van der Waals surface area contributed by atoms with Gasteiger partial charge in [0.1, 0.15) is 0 Å². The van der Waals surface area contributed by atoms with Crippen molar-refractivity contribution in [1.29, 1.82) is 0 Å². The largest absolute Gasteiger partial charge is 0.793 e. The van der Waals surface area contributed by atoms with E-state index in [1.807, 2.05) is 0 Å². The fourth-order valence-corrected chi connectivity index (χ4v) is 4.68. The first-order valence-corrected chi connectivity index (χ1v) is 12.6.